The van der Waals surface area contributed by atoms with Crippen molar-refractivity contribution in [2.45, 2.75) is 24.6 Å². The minimum atomic E-state index is -3.54. The fraction of sp³-hybridized carbons (Fsp3) is 0.333. The standard InChI is InChI=1S/C15H19ClN2O3S/c1-11(13-6-4-5-7-14(13)16)17-10-12-8-9-15(21-12)22(19,20)18(2)3/h4-9,11,17H,10H2,1-3H3/t11-/m1/s1. The first-order valence-corrected chi connectivity index (χ1v) is 8.63. The van der Waals surface area contributed by atoms with Gasteiger partial charge in [-0.05, 0) is 30.7 Å². The third-order valence-electron chi connectivity index (χ3n) is 3.33. The van der Waals surface area contributed by atoms with Crippen molar-refractivity contribution in [1.82, 2.24) is 9.62 Å². The lowest BCUT2D eigenvalue weighted by Gasteiger charge is -2.14. The predicted octanol–water partition coefficient (Wildman–Crippen LogP) is 3.03. The van der Waals surface area contributed by atoms with Gasteiger partial charge in [0.1, 0.15) is 5.76 Å². The summed E-state index contributed by atoms with van der Waals surface area (Å²) in [7, 11) is -0.601. The number of furan rings is 1. The highest BCUT2D eigenvalue weighted by Gasteiger charge is 2.21. The van der Waals surface area contributed by atoms with Crippen molar-refractivity contribution in [3.05, 3.63) is 52.7 Å². The number of rotatable bonds is 6. The quantitative estimate of drug-likeness (QED) is 0.876. The lowest BCUT2D eigenvalue weighted by Crippen LogP contribution is -2.21. The molecule has 0 unspecified atom stereocenters. The van der Waals surface area contributed by atoms with Crippen LogP contribution < -0.4 is 5.32 Å². The minimum absolute atomic E-state index is 0.0210. The van der Waals surface area contributed by atoms with Crippen molar-refractivity contribution in [1.29, 1.82) is 0 Å². The Hall–Kier alpha value is -1.34. The summed E-state index contributed by atoms with van der Waals surface area (Å²) in [4.78, 5) is 0. The van der Waals surface area contributed by atoms with Crippen molar-refractivity contribution >= 4 is 21.6 Å². The molecule has 2 aromatic rings. The average Bonchev–Trinajstić information content (AvgIpc) is 2.94. The minimum Gasteiger partial charge on any atom is -0.447 e. The SMILES string of the molecule is C[C@@H](NCc1ccc(S(=O)(=O)N(C)C)o1)c1ccccc1Cl. The van der Waals surface area contributed by atoms with Crippen LogP contribution in [0.1, 0.15) is 24.3 Å². The van der Waals surface area contributed by atoms with E-state index >= 15 is 0 Å². The zero-order valence-electron chi connectivity index (χ0n) is 12.7. The van der Waals surface area contributed by atoms with E-state index in [2.05, 4.69) is 5.32 Å². The van der Waals surface area contributed by atoms with Crippen LogP contribution in [0.2, 0.25) is 5.02 Å². The lowest BCUT2D eigenvalue weighted by atomic mass is 10.1. The number of nitrogens with one attached hydrogen (secondary N) is 1. The molecule has 0 amide bonds. The number of hydrogen-bond acceptors (Lipinski definition) is 4. The fourth-order valence-corrected chi connectivity index (χ4v) is 3.07. The largest absolute Gasteiger partial charge is 0.447 e. The molecule has 0 aliphatic carbocycles. The molecular formula is C15H19ClN2O3S. The van der Waals surface area contributed by atoms with E-state index in [4.69, 9.17) is 16.0 Å². The average molecular weight is 343 g/mol. The second-order valence-electron chi connectivity index (χ2n) is 5.13. The smallest absolute Gasteiger partial charge is 0.275 e. The molecule has 0 saturated carbocycles. The molecule has 0 fully saturated rings. The molecule has 0 aliphatic rings. The maximum absolute atomic E-state index is 11.9. The Balaban J connectivity index is 2.04. The number of halogens is 1. The molecule has 1 heterocycles. The summed E-state index contributed by atoms with van der Waals surface area (Å²) in [6.07, 6.45) is 0. The molecule has 0 spiro atoms. The Morgan fingerprint density at radius 2 is 1.91 bits per heavy atom. The van der Waals surface area contributed by atoms with E-state index in [1.54, 1.807) is 6.07 Å². The van der Waals surface area contributed by atoms with Crippen molar-refractivity contribution in [2.24, 2.45) is 0 Å². The summed E-state index contributed by atoms with van der Waals surface area (Å²) in [6, 6.07) is 10.7. The number of hydrogen-bond donors (Lipinski definition) is 1. The highest BCUT2D eigenvalue weighted by Crippen LogP contribution is 2.23. The molecule has 0 bridgehead atoms. The van der Waals surface area contributed by atoms with E-state index in [1.807, 2.05) is 31.2 Å². The van der Waals surface area contributed by atoms with Gasteiger partial charge in [0.25, 0.3) is 10.0 Å². The fourth-order valence-electron chi connectivity index (χ4n) is 1.96. The normalized spacial score (nSPS) is 13.5. The first kappa shape index (κ1) is 17.0. The van der Waals surface area contributed by atoms with Crippen LogP contribution in [0, 0.1) is 0 Å². The summed E-state index contributed by atoms with van der Waals surface area (Å²) in [6.45, 7) is 2.40. The van der Waals surface area contributed by atoms with Crippen LogP contribution in [0.25, 0.3) is 0 Å². The van der Waals surface area contributed by atoms with E-state index in [0.29, 0.717) is 17.3 Å². The number of sulfonamides is 1. The summed E-state index contributed by atoms with van der Waals surface area (Å²) in [5.74, 6) is 0.555. The topological polar surface area (TPSA) is 62.6 Å². The van der Waals surface area contributed by atoms with Gasteiger partial charge in [-0.25, -0.2) is 12.7 Å². The second kappa shape index (κ2) is 6.83. The van der Waals surface area contributed by atoms with E-state index < -0.39 is 10.0 Å². The maximum Gasteiger partial charge on any atom is 0.275 e. The molecule has 1 aromatic carbocycles. The molecule has 22 heavy (non-hydrogen) atoms. The van der Waals surface area contributed by atoms with Crippen LogP contribution in [0.15, 0.2) is 45.9 Å². The van der Waals surface area contributed by atoms with Crippen molar-refractivity contribution in [2.75, 3.05) is 14.1 Å². The third-order valence-corrected chi connectivity index (χ3v) is 5.36. The van der Waals surface area contributed by atoms with E-state index in [0.717, 1.165) is 9.87 Å². The molecule has 120 valence electrons. The van der Waals surface area contributed by atoms with Crippen LogP contribution in [-0.4, -0.2) is 26.8 Å². The van der Waals surface area contributed by atoms with Crippen molar-refractivity contribution < 1.29 is 12.8 Å². The first-order valence-electron chi connectivity index (χ1n) is 6.81. The van der Waals surface area contributed by atoms with E-state index in [9.17, 15) is 8.42 Å². The molecule has 0 radical (unpaired) electrons. The Morgan fingerprint density at radius 3 is 2.55 bits per heavy atom. The van der Waals surface area contributed by atoms with Gasteiger partial charge in [-0.1, -0.05) is 29.8 Å². The highest BCUT2D eigenvalue weighted by atomic mass is 35.5. The highest BCUT2D eigenvalue weighted by molar-refractivity contribution is 7.88. The van der Waals surface area contributed by atoms with Gasteiger partial charge in [-0.2, -0.15) is 0 Å². The second-order valence-corrected chi connectivity index (χ2v) is 7.62. The summed E-state index contributed by atoms with van der Waals surface area (Å²) in [5, 5.41) is 3.90. The Bertz CT molecular complexity index is 741. The van der Waals surface area contributed by atoms with Gasteiger partial charge < -0.3 is 9.73 Å². The van der Waals surface area contributed by atoms with Crippen LogP contribution >= 0.6 is 11.6 Å². The van der Waals surface area contributed by atoms with Crippen LogP contribution in [0.4, 0.5) is 0 Å². The predicted molar refractivity (Wildman–Crippen MR) is 86.3 cm³/mol. The Labute approximate surface area is 135 Å². The monoisotopic (exact) mass is 342 g/mol. The van der Waals surface area contributed by atoms with Crippen LogP contribution in [-0.2, 0) is 16.6 Å². The maximum atomic E-state index is 11.9. The molecule has 7 heteroatoms. The molecule has 1 N–H and O–H groups in total. The molecule has 1 aromatic heterocycles. The molecule has 5 nitrogen and oxygen atoms in total. The number of benzene rings is 1. The third kappa shape index (κ3) is 3.70. The van der Waals surface area contributed by atoms with Gasteiger partial charge in [-0.15, -0.1) is 0 Å². The zero-order valence-corrected chi connectivity index (χ0v) is 14.3. The summed E-state index contributed by atoms with van der Waals surface area (Å²) in [5.41, 5.74) is 0.983. The van der Waals surface area contributed by atoms with Gasteiger partial charge >= 0.3 is 0 Å². The number of nitrogens with zero attached hydrogens (tertiary/aromatic N) is 1. The summed E-state index contributed by atoms with van der Waals surface area (Å²) >= 11 is 6.15. The molecule has 0 aliphatic heterocycles. The van der Waals surface area contributed by atoms with Gasteiger partial charge in [-0.3, -0.25) is 0 Å². The molecular weight excluding hydrogens is 324 g/mol. The van der Waals surface area contributed by atoms with Gasteiger partial charge in [0.2, 0.25) is 5.09 Å². The Morgan fingerprint density at radius 1 is 1.23 bits per heavy atom. The Kier molecular flexibility index (Phi) is 5.28. The van der Waals surface area contributed by atoms with Crippen molar-refractivity contribution in [3.8, 4) is 0 Å². The first-order chi connectivity index (χ1) is 10.3. The van der Waals surface area contributed by atoms with Crippen molar-refractivity contribution in [3.63, 3.8) is 0 Å². The zero-order chi connectivity index (χ0) is 16.3. The van der Waals surface area contributed by atoms with Gasteiger partial charge in [0.05, 0.1) is 6.54 Å². The van der Waals surface area contributed by atoms with Gasteiger partial charge in [0, 0.05) is 25.2 Å². The van der Waals surface area contributed by atoms with Crippen LogP contribution in [0.5, 0.6) is 0 Å². The molecule has 0 saturated heterocycles. The summed E-state index contributed by atoms with van der Waals surface area (Å²) < 4.78 is 30.4. The van der Waals surface area contributed by atoms with E-state index in [1.165, 1.54) is 20.2 Å². The molecule has 1 atom stereocenters. The van der Waals surface area contributed by atoms with E-state index in [-0.39, 0.29) is 11.1 Å². The lowest BCUT2D eigenvalue weighted by molar-refractivity contribution is 0.382. The van der Waals surface area contributed by atoms with Crippen LogP contribution in [0.3, 0.4) is 0 Å². The molecule has 2 rings (SSSR count). The van der Waals surface area contributed by atoms with Gasteiger partial charge in [0.15, 0.2) is 0 Å².